The summed E-state index contributed by atoms with van der Waals surface area (Å²) >= 11 is 6.37. The third-order valence-electron chi connectivity index (χ3n) is 5.53. The Labute approximate surface area is 193 Å². The van der Waals surface area contributed by atoms with Crippen LogP contribution in [0.5, 0.6) is 0 Å². The van der Waals surface area contributed by atoms with Gasteiger partial charge in [-0.1, -0.05) is 41.9 Å². The van der Waals surface area contributed by atoms with E-state index in [4.69, 9.17) is 17.3 Å². The Morgan fingerprint density at radius 3 is 2.70 bits per heavy atom. The van der Waals surface area contributed by atoms with Crippen LogP contribution in [0.3, 0.4) is 0 Å². The molecule has 0 aliphatic rings. The molecule has 164 valence electrons. The van der Waals surface area contributed by atoms with Crippen LogP contribution in [0.15, 0.2) is 78.1 Å². The number of nitrogens with one attached hydrogen (secondary N) is 1. The zero-order valence-electron chi connectivity index (χ0n) is 17.6. The van der Waals surface area contributed by atoms with E-state index in [0.29, 0.717) is 32.8 Å². The van der Waals surface area contributed by atoms with Gasteiger partial charge in [-0.2, -0.15) is 0 Å². The molecule has 2 aromatic carbocycles. The molecule has 1 amide bonds. The lowest BCUT2D eigenvalue weighted by Crippen LogP contribution is -2.33. The number of rotatable bonds is 4. The zero-order valence-corrected chi connectivity index (χ0v) is 18.3. The molecule has 0 bridgehead atoms. The summed E-state index contributed by atoms with van der Waals surface area (Å²) in [4.78, 5) is 35.1. The molecule has 9 heteroatoms. The second-order valence-electron chi connectivity index (χ2n) is 7.61. The SMILES string of the molecule is CC(NC(=O)c1c(N)ncn2ccnc12)c1cc2cccc(Cl)c2c(=O)n1-c1ccccc1. The molecule has 0 fully saturated rings. The lowest BCUT2D eigenvalue weighted by atomic mass is 10.1. The quantitative estimate of drug-likeness (QED) is 0.426. The highest BCUT2D eigenvalue weighted by molar-refractivity contribution is 6.35. The van der Waals surface area contributed by atoms with Crippen molar-refractivity contribution in [3.63, 3.8) is 0 Å². The summed E-state index contributed by atoms with van der Waals surface area (Å²) in [6.07, 6.45) is 4.75. The number of nitrogen functional groups attached to an aromatic ring is 1. The first-order chi connectivity index (χ1) is 16.0. The predicted octanol–water partition coefficient (Wildman–Crippen LogP) is 3.76. The molecule has 1 atom stereocenters. The first-order valence-corrected chi connectivity index (χ1v) is 10.6. The molecule has 1 unspecified atom stereocenters. The maximum absolute atomic E-state index is 13.5. The second-order valence-corrected chi connectivity index (χ2v) is 8.01. The van der Waals surface area contributed by atoms with Crippen molar-refractivity contribution in [1.29, 1.82) is 0 Å². The van der Waals surface area contributed by atoms with Gasteiger partial charge in [-0.05, 0) is 36.6 Å². The molecule has 3 N–H and O–H groups in total. The van der Waals surface area contributed by atoms with Gasteiger partial charge in [-0.15, -0.1) is 0 Å². The van der Waals surface area contributed by atoms with Crippen LogP contribution in [0, 0.1) is 0 Å². The predicted molar refractivity (Wildman–Crippen MR) is 128 cm³/mol. The Morgan fingerprint density at radius 1 is 1.12 bits per heavy atom. The normalized spacial score (nSPS) is 12.2. The number of anilines is 1. The van der Waals surface area contributed by atoms with Gasteiger partial charge in [0.1, 0.15) is 17.7 Å². The third kappa shape index (κ3) is 3.50. The van der Waals surface area contributed by atoms with E-state index in [1.807, 2.05) is 42.5 Å². The largest absolute Gasteiger partial charge is 0.383 e. The maximum Gasteiger partial charge on any atom is 0.264 e. The van der Waals surface area contributed by atoms with Gasteiger partial charge in [-0.3, -0.25) is 18.6 Å². The number of hydrogen-bond acceptors (Lipinski definition) is 5. The van der Waals surface area contributed by atoms with Crippen molar-refractivity contribution in [2.24, 2.45) is 0 Å². The topological polar surface area (TPSA) is 107 Å². The number of halogens is 1. The molecule has 0 saturated heterocycles. The van der Waals surface area contributed by atoms with Gasteiger partial charge in [-0.25, -0.2) is 9.97 Å². The molecule has 0 saturated carbocycles. The van der Waals surface area contributed by atoms with Gasteiger partial charge in [0.15, 0.2) is 5.65 Å². The lowest BCUT2D eigenvalue weighted by molar-refractivity contribution is 0.0940. The zero-order chi connectivity index (χ0) is 23.1. The Bertz CT molecular complexity index is 1580. The van der Waals surface area contributed by atoms with Crippen molar-refractivity contribution in [2.75, 3.05) is 5.73 Å². The number of benzene rings is 2. The van der Waals surface area contributed by atoms with Crippen LogP contribution in [-0.4, -0.2) is 24.8 Å². The van der Waals surface area contributed by atoms with Gasteiger partial charge in [0.2, 0.25) is 0 Å². The minimum absolute atomic E-state index is 0.0733. The number of amides is 1. The van der Waals surface area contributed by atoms with E-state index >= 15 is 0 Å². The fraction of sp³-hybridized carbons (Fsp3) is 0.0833. The Balaban J connectivity index is 1.65. The highest BCUT2D eigenvalue weighted by Crippen LogP contribution is 2.26. The average Bonchev–Trinajstić information content (AvgIpc) is 3.27. The van der Waals surface area contributed by atoms with Crippen LogP contribution in [0.2, 0.25) is 5.02 Å². The summed E-state index contributed by atoms with van der Waals surface area (Å²) in [5, 5.41) is 4.42. The van der Waals surface area contributed by atoms with Crippen molar-refractivity contribution < 1.29 is 4.79 Å². The molecule has 5 aromatic rings. The Kier molecular flexibility index (Phi) is 5.07. The number of nitrogens with zero attached hydrogens (tertiary/aromatic N) is 4. The van der Waals surface area contributed by atoms with Crippen LogP contribution in [0.4, 0.5) is 5.82 Å². The van der Waals surface area contributed by atoms with E-state index in [1.54, 1.807) is 40.4 Å². The molecular formula is C24H19ClN6O2. The summed E-state index contributed by atoms with van der Waals surface area (Å²) in [7, 11) is 0. The van der Waals surface area contributed by atoms with Gasteiger partial charge >= 0.3 is 0 Å². The van der Waals surface area contributed by atoms with Gasteiger partial charge in [0.05, 0.1) is 16.5 Å². The first-order valence-electron chi connectivity index (χ1n) is 10.2. The number of pyridine rings is 1. The number of para-hydroxylation sites is 1. The number of nitrogens with two attached hydrogens (primary N) is 1. The molecule has 3 heterocycles. The minimum Gasteiger partial charge on any atom is -0.383 e. The molecule has 3 aromatic heterocycles. The van der Waals surface area contributed by atoms with E-state index in [2.05, 4.69) is 15.3 Å². The van der Waals surface area contributed by atoms with Crippen LogP contribution < -0.4 is 16.6 Å². The van der Waals surface area contributed by atoms with E-state index in [1.165, 1.54) is 6.33 Å². The molecule has 0 aliphatic carbocycles. The highest BCUT2D eigenvalue weighted by atomic mass is 35.5. The molecular weight excluding hydrogens is 440 g/mol. The molecule has 0 aliphatic heterocycles. The van der Waals surface area contributed by atoms with E-state index in [-0.39, 0.29) is 16.9 Å². The van der Waals surface area contributed by atoms with Gasteiger partial charge in [0.25, 0.3) is 11.5 Å². The summed E-state index contributed by atoms with van der Waals surface area (Å²) in [6.45, 7) is 1.80. The van der Waals surface area contributed by atoms with Crippen LogP contribution in [-0.2, 0) is 0 Å². The van der Waals surface area contributed by atoms with Crippen LogP contribution in [0.1, 0.15) is 29.0 Å². The molecule has 5 rings (SSSR count). The van der Waals surface area contributed by atoms with E-state index < -0.39 is 11.9 Å². The standard InChI is InChI=1S/C24H19ClN6O2/c1-14(29-23(32)20-21(26)28-13-30-11-10-27-22(20)30)18-12-15-6-5-9-17(25)19(15)24(33)31(18)16-7-3-2-4-8-16/h2-14H,26H2,1H3,(H,29,32). The van der Waals surface area contributed by atoms with Crippen molar-refractivity contribution in [2.45, 2.75) is 13.0 Å². The smallest absolute Gasteiger partial charge is 0.264 e. The van der Waals surface area contributed by atoms with Gasteiger partial charge in [0, 0.05) is 23.8 Å². The molecule has 0 radical (unpaired) electrons. The summed E-state index contributed by atoms with van der Waals surface area (Å²) < 4.78 is 3.19. The Hall–Kier alpha value is -4.17. The fourth-order valence-electron chi connectivity index (χ4n) is 3.97. The molecule has 8 nitrogen and oxygen atoms in total. The molecule has 0 spiro atoms. The lowest BCUT2D eigenvalue weighted by Gasteiger charge is -2.21. The average molecular weight is 459 g/mol. The second kappa shape index (κ2) is 8.07. The third-order valence-corrected chi connectivity index (χ3v) is 5.84. The number of imidazole rings is 1. The highest BCUT2D eigenvalue weighted by Gasteiger charge is 2.22. The minimum atomic E-state index is -0.552. The van der Waals surface area contributed by atoms with Crippen LogP contribution >= 0.6 is 11.6 Å². The monoisotopic (exact) mass is 458 g/mol. The summed E-state index contributed by atoms with van der Waals surface area (Å²) in [5.41, 5.74) is 7.57. The molecule has 33 heavy (non-hydrogen) atoms. The number of hydrogen-bond donors (Lipinski definition) is 2. The maximum atomic E-state index is 13.5. The number of carbonyl (C=O) groups is 1. The van der Waals surface area contributed by atoms with E-state index in [9.17, 15) is 9.59 Å². The number of aromatic nitrogens is 4. The first kappa shape index (κ1) is 20.7. The summed E-state index contributed by atoms with van der Waals surface area (Å²) in [5.74, 6) is -0.369. The number of carbonyl (C=O) groups excluding carboxylic acids is 1. The number of fused-ring (bicyclic) bond motifs is 2. The van der Waals surface area contributed by atoms with Gasteiger partial charge < -0.3 is 11.1 Å². The van der Waals surface area contributed by atoms with Crippen molar-refractivity contribution in [3.8, 4) is 5.69 Å². The van der Waals surface area contributed by atoms with Crippen molar-refractivity contribution in [1.82, 2.24) is 24.3 Å². The fourth-order valence-corrected chi connectivity index (χ4v) is 4.23. The van der Waals surface area contributed by atoms with Crippen molar-refractivity contribution >= 4 is 39.7 Å². The Morgan fingerprint density at radius 2 is 1.91 bits per heavy atom. The van der Waals surface area contributed by atoms with Crippen molar-refractivity contribution in [3.05, 3.63) is 100.0 Å². The van der Waals surface area contributed by atoms with E-state index in [0.717, 1.165) is 0 Å². The summed E-state index contributed by atoms with van der Waals surface area (Å²) in [6, 6.07) is 15.8. The van der Waals surface area contributed by atoms with Crippen LogP contribution in [0.25, 0.3) is 22.1 Å².